The van der Waals surface area contributed by atoms with Gasteiger partial charge < -0.3 is 10.0 Å². The van der Waals surface area contributed by atoms with Crippen molar-refractivity contribution in [1.82, 2.24) is 4.98 Å². The molecule has 0 aliphatic carbocycles. The third-order valence-corrected chi connectivity index (χ3v) is 2.80. The van der Waals surface area contributed by atoms with Crippen LogP contribution in [-0.2, 0) is 6.61 Å². The molecule has 0 saturated carbocycles. The number of aliphatic hydroxyl groups is 1. The molecule has 0 radical (unpaired) electrons. The van der Waals surface area contributed by atoms with Crippen molar-refractivity contribution >= 4 is 21.7 Å². The summed E-state index contributed by atoms with van der Waals surface area (Å²) in [5.41, 5.74) is 0.885. The molecule has 0 aliphatic rings. The van der Waals surface area contributed by atoms with E-state index < -0.39 is 0 Å². The lowest BCUT2D eigenvalue weighted by molar-refractivity contribution is 0.281. The number of hydrogen-bond acceptors (Lipinski definition) is 3. The molecule has 0 spiro atoms. The van der Waals surface area contributed by atoms with Gasteiger partial charge in [0.15, 0.2) is 0 Å². The van der Waals surface area contributed by atoms with Gasteiger partial charge in [-0.25, -0.2) is 4.98 Å². The third kappa shape index (κ3) is 3.46. The first-order valence-corrected chi connectivity index (χ1v) is 6.52. The van der Waals surface area contributed by atoms with Gasteiger partial charge in [-0.2, -0.15) is 0 Å². The molecule has 4 heteroatoms. The van der Waals surface area contributed by atoms with Crippen LogP contribution in [0.1, 0.15) is 32.3 Å². The number of aliphatic hydroxyl groups excluding tert-OH is 1. The average molecular weight is 287 g/mol. The fraction of sp³-hybridized carbons (Fsp3) is 0.583. The van der Waals surface area contributed by atoms with E-state index in [4.69, 9.17) is 0 Å². The molecule has 0 aliphatic heterocycles. The van der Waals surface area contributed by atoms with Crippen molar-refractivity contribution in [3.05, 3.63) is 22.3 Å². The molecule has 0 saturated heterocycles. The van der Waals surface area contributed by atoms with Crippen molar-refractivity contribution < 1.29 is 5.11 Å². The molecule has 90 valence electrons. The number of aromatic nitrogens is 1. The van der Waals surface area contributed by atoms with Crippen LogP contribution in [0.25, 0.3) is 0 Å². The zero-order chi connectivity index (χ0) is 12.0. The Hall–Kier alpha value is -0.610. The van der Waals surface area contributed by atoms with E-state index in [2.05, 4.69) is 39.7 Å². The quantitative estimate of drug-likeness (QED) is 0.874. The molecule has 0 unspecified atom stereocenters. The highest BCUT2D eigenvalue weighted by Crippen LogP contribution is 2.22. The molecular formula is C12H19BrN2O. The van der Waals surface area contributed by atoms with E-state index in [0.717, 1.165) is 41.8 Å². The van der Waals surface area contributed by atoms with Crippen molar-refractivity contribution in [3.8, 4) is 0 Å². The Bertz CT molecular complexity index is 325. The van der Waals surface area contributed by atoms with E-state index in [1.807, 2.05) is 6.07 Å². The second-order valence-corrected chi connectivity index (χ2v) is 4.70. The van der Waals surface area contributed by atoms with Gasteiger partial charge in [0.1, 0.15) is 5.82 Å². The molecule has 1 rings (SSSR count). The SMILES string of the molecule is CCCN(CCC)c1ncc(Br)cc1CO. The van der Waals surface area contributed by atoms with Crippen LogP contribution in [0.5, 0.6) is 0 Å². The number of halogens is 1. The summed E-state index contributed by atoms with van der Waals surface area (Å²) in [6.45, 7) is 6.30. The molecule has 1 N–H and O–H groups in total. The highest BCUT2D eigenvalue weighted by atomic mass is 79.9. The molecular weight excluding hydrogens is 268 g/mol. The molecule has 1 aromatic rings. The van der Waals surface area contributed by atoms with Gasteiger partial charge in [0.05, 0.1) is 6.61 Å². The van der Waals surface area contributed by atoms with E-state index in [0.29, 0.717) is 0 Å². The summed E-state index contributed by atoms with van der Waals surface area (Å²) in [5, 5.41) is 9.34. The maximum absolute atomic E-state index is 9.34. The maximum atomic E-state index is 9.34. The standard InChI is InChI=1S/C12H19BrN2O/c1-3-5-15(6-4-2)12-10(9-16)7-11(13)8-14-12/h7-8,16H,3-6,9H2,1-2H3. The summed E-state index contributed by atoms with van der Waals surface area (Å²) in [6, 6.07) is 1.93. The topological polar surface area (TPSA) is 36.4 Å². The molecule has 3 nitrogen and oxygen atoms in total. The maximum Gasteiger partial charge on any atom is 0.134 e. The van der Waals surface area contributed by atoms with Crippen LogP contribution in [-0.4, -0.2) is 23.2 Å². The van der Waals surface area contributed by atoms with E-state index in [9.17, 15) is 5.11 Å². The Kier molecular flexibility index (Phi) is 5.77. The fourth-order valence-electron chi connectivity index (χ4n) is 1.74. The van der Waals surface area contributed by atoms with Gasteiger partial charge in [0, 0.05) is 29.3 Å². The largest absolute Gasteiger partial charge is 0.392 e. The summed E-state index contributed by atoms with van der Waals surface area (Å²) < 4.78 is 0.910. The fourth-order valence-corrected chi connectivity index (χ4v) is 2.12. The van der Waals surface area contributed by atoms with Crippen LogP contribution in [0, 0.1) is 0 Å². The van der Waals surface area contributed by atoms with Crippen molar-refractivity contribution in [2.75, 3.05) is 18.0 Å². The van der Waals surface area contributed by atoms with Gasteiger partial charge in [0.2, 0.25) is 0 Å². The molecule has 16 heavy (non-hydrogen) atoms. The zero-order valence-electron chi connectivity index (χ0n) is 9.91. The van der Waals surface area contributed by atoms with Gasteiger partial charge >= 0.3 is 0 Å². The van der Waals surface area contributed by atoms with Crippen LogP contribution in [0.15, 0.2) is 16.7 Å². The minimum absolute atomic E-state index is 0.0334. The molecule has 0 aromatic carbocycles. The summed E-state index contributed by atoms with van der Waals surface area (Å²) in [6.07, 6.45) is 3.96. The monoisotopic (exact) mass is 286 g/mol. The number of hydrogen-bond donors (Lipinski definition) is 1. The van der Waals surface area contributed by atoms with Crippen LogP contribution in [0.4, 0.5) is 5.82 Å². The Morgan fingerprint density at radius 2 is 1.94 bits per heavy atom. The predicted octanol–water partition coefficient (Wildman–Crippen LogP) is 2.96. The molecule has 1 aromatic heterocycles. The van der Waals surface area contributed by atoms with Gasteiger partial charge in [0.25, 0.3) is 0 Å². The number of anilines is 1. The number of nitrogens with zero attached hydrogens (tertiary/aromatic N) is 2. The molecule has 0 fully saturated rings. The van der Waals surface area contributed by atoms with Crippen molar-refractivity contribution in [1.29, 1.82) is 0 Å². The van der Waals surface area contributed by atoms with Crippen molar-refractivity contribution in [3.63, 3.8) is 0 Å². The van der Waals surface area contributed by atoms with Crippen LogP contribution >= 0.6 is 15.9 Å². The van der Waals surface area contributed by atoms with Crippen LogP contribution in [0.2, 0.25) is 0 Å². The van der Waals surface area contributed by atoms with Crippen LogP contribution in [0.3, 0.4) is 0 Å². The second kappa shape index (κ2) is 6.86. The highest BCUT2D eigenvalue weighted by Gasteiger charge is 2.11. The van der Waals surface area contributed by atoms with E-state index in [1.165, 1.54) is 0 Å². The highest BCUT2D eigenvalue weighted by molar-refractivity contribution is 9.10. The van der Waals surface area contributed by atoms with Gasteiger partial charge in [-0.3, -0.25) is 0 Å². The van der Waals surface area contributed by atoms with Crippen molar-refractivity contribution in [2.24, 2.45) is 0 Å². The Labute approximate surface area is 106 Å². The van der Waals surface area contributed by atoms with E-state index in [1.54, 1.807) is 6.20 Å². The van der Waals surface area contributed by atoms with E-state index in [-0.39, 0.29) is 6.61 Å². The minimum Gasteiger partial charge on any atom is -0.392 e. The first kappa shape index (κ1) is 13.5. The minimum atomic E-state index is 0.0334. The number of rotatable bonds is 6. The summed E-state index contributed by atoms with van der Waals surface area (Å²) >= 11 is 3.37. The first-order valence-electron chi connectivity index (χ1n) is 5.73. The molecule has 0 atom stereocenters. The molecule has 0 bridgehead atoms. The lowest BCUT2D eigenvalue weighted by Crippen LogP contribution is -2.27. The smallest absolute Gasteiger partial charge is 0.134 e. The van der Waals surface area contributed by atoms with Gasteiger partial charge in [-0.05, 0) is 34.8 Å². The Morgan fingerprint density at radius 3 is 2.44 bits per heavy atom. The van der Waals surface area contributed by atoms with Gasteiger partial charge in [-0.15, -0.1) is 0 Å². The lowest BCUT2D eigenvalue weighted by atomic mass is 10.2. The number of pyridine rings is 1. The Balaban J connectivity index is 2.97. The van der Waals surface area contributed by atoms with E-state index >= 15 is 0 Å². The van der Waals surface area contributed by atoms with Gasteiger partial charge in [-0.1, -0.05) is 13.8 Å². The predicted molar refractivity (Wildman–Crippen MR) is 70.7 cm³/mol. The summed E-state index contributed by atoms with van der Waals surface area (Å²) in [5.74, 6) is 0.911. The average Bonchev–Trinajstić information content (AvgIpc) is 2.28. The third-order valence-electron chi connectivity index (χ3n) is 2.37. The normalized spacial score (nSPS) is 10.5. The first-order chi connectivity index (χ1) is 7.72. The molecule has 1 heterocycles. The summed E-state index contributed by atoms with van der Waals surface area (Å²) in [4.78, 5) is 6.64. The second-order valence-electron chi connectivity index (χ2n) is 3.78. The molecule has 0 amide bonds. The summed E-state index contributed by atoms with van der Waals surface area (Å²) in [7, 11) is 0. The lowest BCUT2D eigenvalue weighted by Gasteiger charge is -2.24. The van der Waals surface area contributed by atoms with Crippen LogP contribution < -0.4 is 4.90 Å². The van der Waals surface area contributed by atoms with Crippen molar-refractivity contribution in [2.45, 2.75) is 33.3 Å². The zero-order valence-corrected chi connectivity index (χ0v) is 11.5. The Morgan fingerprint density at radius 1 is 1.31 bits per heavy atom.